The molecular weight excluding hydrogens is 362 g/mol. The molecule has 2 aromatic rings. The fourth-order valence-corrected chi connectivity index (χ4v) is 2.87. The Kier molecular flexibility index (Phi) is 6.31. The number of anilines is 1. The number of esters is 1. The van der Waals surface area contributed by atoms with Gasteiger partial charge < -0.3 is 10.1 Å². The maximum atomic E-state index is 13.1. The minimum absolute atomic E-state index is 0.319. The molecule has 1 amide bonds. The molecular formula is C18H14F2N2O3S. The minimum atomic E-state index is -1.01. The third kappa shape index (κ3) is 5.04. The lowest BCUT2D eigenvalue weighted by atomic mass is 10.1. The van der Waals surface area contributed by atoms with Crippen molar-refractivity contribution in [3.05, 3.63) is 58.7 Å². The van der Waals surface area contributed by atoms with Crippen molar-refractivity contribution in [2.75, 3.05) is 11.9 Å². The predicted molar refractivity (Wildman–Crippen MR) is 92.7 cm³/mol. The van der Waals surface area contributed by atoms with Gasteiger partial charge in [-0.2, -0.15) is 5.26 Å². The molecule has 0 aromatic heterocycles. The standard InChI is InChI=1S/C18H14F2N2O3S/c1-10-3-15(26-9-21)4-11(2)17(10)22-16(23)8-25-18(24)12-5-13(19)7-14(20)6-12/h3-7H,8H2,1-2H3,(H,22,23). The number of nitrogens with zero attached hydrogens (tertiary/aromatic N) is 1. The van der Waals surface area contributed by atoms with Crippen LogP contribution in [0.3, 0.4) is 0 Å². The van der Waals surface area contributed by atoms with Gasteiger partial charge in [-0.15, -0.1) is 0 Å². The number of thiocyanates is 1. The summed E-state index contributed by atoms with van der Waals surface area (Å²) in [4.78, 5) is 24.5. The fraction of sp³-hybridized carbons (Fsp3) is 0.167. The number of aryl methyl sites for hydroxylation is 2. The molecule has 0 aliphatic heterocycles. The third-order valence-electron chi connectivity index (χ3n) is 3.37. The average molecular weight is 376 g/mol. The Morgan fingerprint density at radius 2 is 1.69 bits per heavy atom. The monoisotopic (exact) mass is 376 g/mol. The van der Waals surface area contributed by atoms with Crippen LogP contribution in [-0.2, 0) is 9.53 Å². The molecule has 2 rings (SSSR count). The van der Waals surface area contributed by atoms with Crippen molar-refractivity contribution < 1.29 is 23.1 Å². The zero-order valence-corrected chi connectivity index (χ0v) is 14.7. The summed E-state index contributed by atoms with van der Waals surface area (Å²) in [5, 5.41) is 13.3. The Morgan fingerprint density at radius 3 is 2.23 bits per heavy atom. The highest BCUT2D eigenvalue weighted by molar-refractivity contribution is 8.03. The SMILES string of the molecule is Cc1cc(SC#N)cc(C)c1NC(=O)COC(=O)c1cc(F)cc(F)c1. The van der Waals surface area contributed by atoms with E-state index >= 15 is 0 Å². The molecule has 0 unspecified atom stereocenters. The van der Waals surface area contributed by atoms with Crippen LogP contribution in [0.5, 0.6) is 0 Å². The topological polar surface area (TPSA) is 79.2 Å². The average Bonchev–Trinajstić information content (AvgIpc) is 2.55. The Morgan fingerprint density at radius 1 is 1.12 bits per heavy atom. The molecule has 0 fully saturated rings. The van der Waals surface area contributed by atoms with Gasteiger partial charge >= 0.3 is 5.97 Å². The van der Waals surface area contributed by atoms with Crippen LogP contribution in [0.2, 0.25) is 0 Å². The van der Waals surface area contributed by atoms with Crippen LogP contribution < -0.4 is 5.32 Å². The number of nitriles is 1. The van der Waals surface area contributed by atoms with Crippen LogP contribution in [0.4, 0.5) is 14.5 Å². The lowest BCUT2D eigenvalue weighted by Gasteiger charge is -2.13. The quantitative estimate of drug-likeness (QED) is 0.486. The molecule has 0 aliphatic rings. The molecule has 0 radical (unpaired) electrons. The van der Waals surface area contributed by atoms with Crippen molar-refractivity contribution in [2.24, 2.45) is 0 Å². The van der Waals surface area contributed by atoms with Gasteiger partial charge in [0, 0.05) is 16.6 Å². The molecule has 8 heteroatoms. The van der Waals surface area contributed by atoms with Crippen LogP contribution in [0.25, 0.3) is 0 Å². The number of rotatable bonds is 5. The highest BCUT2D eigenvalue weighted by Crippen LogP contribution is 2.27. The molecule has 0 atom stereocenters. The molecule has 0 saturated heterocycles. The van der Waals surface area contributed by atoms with Crippen LogP contribution in [0.1, 0.15) is 21.5 Å². The Labute approximate surface area is 153 Å². The Balaban J connectivity index is 2.01. The van der Waals surface area contributed by atoms with E-state index in [1.807, 2.05) is 5.40 Å². The van der Waals surface area contributed by atoms with Gasteiger partial charge in [-0.25, -0.2) is 13.6 Å². The first-order valence-corrected chi connectivity index (χ1v) is 8.22. The zero-order chi connectivity index (χ0) is 19.3. The molecule has 26 heavy (non-hydrogen) atoms. The molecule has 2 aromatic carbocycles. The predicted octanol–water partition coefficient (Wildman–Crippen LogP) is 3.95. The highest BCUT2D eigenvalue weighted by atomic mass is 32.2. The van der Waals surface area contributed by atoms with Crippen molar-refractivity contribution >= 4 is 29.3 Å². The third-order valence-corrected chi connectivity index (χ3v) is 3.93. The number of amides is 1. The number of ether oxygens (including phenoxy) is 1. The van der Waals surface area contributed by atoms with E-state index in [1.165, 1.54) is 0 Å². The van der Waals surface area contributed by atoms with Crippen LogP contribution in [0.15, 0.2) is 35.2 Å². The van der Waals surface area contributed by atoms with E-state index in [4.69, 9.17) is 10.00 Å². The van der Waals surface area contributed by atoms with Crippen LogP contribution in [0, 0.1) is 36.1 Å². The number of halogens is 2. The van der Waals surface area contributed by atoms with E-state index in [9.17, 15) is 18.4 Å². The molecule has 1 N–H and O–H groups in total. The van der Waals surface area contributed by atoms with E-state index in [0.29, 0.717) is 11.8 Å². The van der Waals surface area contributed by atoms with Gasteiger partial charge in [0.1, 0.15) is 17.0 Å². The number of carbonyl (C=O) groups is 2. The first kappa shape index (κ1) is 19.4. The van der Waals surface area contributed by atoms with Gasteiger partial charge in [0.05, 0.1) is 5.56 Å². The molecule has 0 aliphatic carbocycles. The molecule has 134 valence electrons. The van der Waals surface area contributed by atoms with Gasteiger partial charge in [-0.3, -0.25) is 4.79 Å². The minimum Gasteiger partial charge on any atom is -0.452 e. The second kappa shape index (κ2) is 8.45. The number of hydrogen-bond donors (Lipinski definition) is 1. The summed E-state index contributed by atoms with van der Waals surface area (Å²) >= 11 is 1.01. The van der Waals surface area contributed by atoms with Crippen LogP contribution >= 0.6 is 11.8 Å². The highest BCUT2D eigenvalue weighted by Gasteiger charge is 2.14. The summed E-state index contributed by atoms with van der Waals surface area (Å²) in [7, 11) is 0. The lowest BCUT2D eigenvalue weighted by molar-refractivity contribution is -0.119. The van der Waals surface area contributed by atoms with Crippen LogP contribution in [-0.4, -0.2) is 18.5 Å². The summed E-state index contributed by atoms with van der Waals surface area (Å²) < 4.78 is 31.0. The fourth-order valence-electron chi connectivity index (χ4n) is 2.29. The Bertz CT molecular complexity index is 867. The Hall–Kier alpha value is -2.92. The summed E-state index contributed by atoms with van der Waals surface area (Å²) in [5.41, 5.74) is 1.72. The maximum absolute atomic E-state index is 13.1. The smallest absolute Gasteiger partial charge is 0.338 e. The van der Waals surface area contributed by atoms with Gasteiger partial charge in [-0.05, 0) is 61.0 Å². The summed E-state index contributed by atoms with van der Waals surface area (Å²) in [6.07, 6.45) is 0. The maximum Gasteiger partial charge on any atom is 0.338 e. The second-order valence-corrected chi connectivity index (χ2v) is 6.27. The van der Waals surface area contributed by atoms with Crippen molar-refractivity contribution in [2.45, 2.75) is 18.7 Å². The second-order valence-electron chi connectivity index (χ2n) is 5.41. The molecule has 0 bridgehead atoms. The normalized spacial score (nSPS) is 10.1. The largest absolute Gasteiger partial charge is 0.452 e. The number of nitrogens with one attached hydrogen (secondary N) is 1. The number of thioether (sulfide) groups is 1. The van der Waals surface area contributed by atoms with Gasteiger partial charge in [0.25, 0.3) is 5.91 Å². The summed E-state index contributed by atoms with van der Waals surface area (Å²) in [5.74, 6) is -3.43. The van der Waals surface area contributed by atoms with E-state index in [-0.39, 0.29) is 5.56 Å². The summed E-state index contributed by atoms with van der Waals surface area (Å²) in [6.45, 7) is 2.93. The zero-order valence-electron chi connectivity index (χ0n) is 13.9. The molecule has 0 heterocycles. The first-order chi connectivity index (χ1) is 12.3. The van der Waals surface area contributed by atoms with Gasteiger partial charge in [0.15, 0.2) is 6.61 Å². The first-order valence-electron chi connectivity index (χ1n) is 7.40. The van der Waals surface area contributed by atoms with Gasteiger partial charge in [-0.1, -0.05) is 0 Å². The van der Waals surface area contributed by atoms with Crippen molar-refractivity contribution in [1.29, 1.82) is 5.26 Å². The van der Waals surface area contributed by atoms with Crippen molar-refractivity contribution in [3.8, 4) is 5.40 Å². The van der Waals surface area contributed by atoms with Crippen molar-refractivity contribution in [3.63, 3.8) is 0 Å². The molecule has 5 nitrogen and oxygen atoms in total. The summed E-state index contributed by atoms with van der Waals surface area (Å²) in [6, 6.07) is 5.77. The number of carbonyl (C=O) groups excluding carboxylic acids is 2. The van der Waals surface area contributed by atoms with Crippen molar-refractivity contribution in [1.82, 2.24) is 0 Å². The number of hydrogen-bond acceptors (Lipinski definition) is 5. The van der Waals surface area contributed by atoms with E-state index in [0.717, 1.165) is 39.9 Å². The van der Waals surface area contributed by atoms with Gasteiger partial charge in [0.2, 0.25) is 0 Å². The van der Waals surface area contributed by atoms with E-state index in [2.05, 4.69) is 5.32 Å². The van der Waals surface area contributed by atoms with E-state index < -0.39 is 30.1 Å². The molecule has 0 saturated carbocycles. The van der Waals surface area contributed by atoms with E-state index in [1.54, 1.807) is 26.0 Å². The lowest BCUT2D eigenvalue weighted by Crippen LogP contribution is -2.22. The number of benzene rings is 2. The molecule has 0 spiro atoms.